The lowest BCUT2D eigenvalue weighted by atomic mass is 9.92. The molecule has 180 valence electrons. The molecule has 5 nitrogen and oxygen atoms in total. The Morgan fingerprint density at radius 1 is 0.943 bits per heavy atom. The molecule has 2 aromatic heterocycles. The van der Waals surface area contributed by atoms with Gasteiger partial charge in [0.1, 0.15) is 5.25 Å². The molecule has 8 heteroatoms. The Bertz CT molecular complexity index is 1260. The van der Waals surface area contributed by atoms with E-state index in [-0.39, 0.29) is 17.2 Å². The highest BCUT2D eigenvalue weighted by Gasteiger charge is 2.23. The fourth-order valence-corrected chi connectivity index (χ4v) is 5.88. The number of nitrogens with one attached hydrogen (secondary N) is 2. The van der Waals surface area contributed by atoms with Gasteiger partial charge in [0, 0.05) is 22.4 Å². The van der Waals surface area contributed by atoms with Crippen molar-refractivity contribution in [2.24, 2.45) is 5.41 Å². The Morgan fingerprint density at radius 2 is 1.69 bits per heavy atom. The highest BCUT2D eigenvalue weighted by Crippen LogP contribution is 2.37. The Labute approximate surface area is 218 Å². The number of carbonyl (C=O) groups excluding carboxylic acids is 2. The predicted molar refractivity (Wildman–Crippen MR) is 148 cm³/mol. The summed E-state index contributed by atoms with van der Waals surface area (Å²) >= 11 is 4.51. The highest BCUT2D eigenvalue weighted by molar-refractivity contribution is 8.00. The summed E-state index contributed by atoms with van der Waals surface area (Å²) in [6, 6.07) is 21.3. The number of hydrogen-bond acceptors (Lipinski definition) is 6. The third kappa shape index (κ3) is 7.27. The average Bonchev–Trinajstić information content (AvgIpc) is 3.50. The second kappa shape index (κ2) is 11.2. The molecule has 0 aliphatic rings. The minimum absolute atomic E-state index is 0.00944. The summed E-state index contributed by atoms with van der Waals surface area (Å²) < 4.78 is 0. The van der Waals surface area contributed by atoms with Crippen LogP contribution in [0.3, 0.4) is 0 Å². The molecule has 1 unspecified atom stereocenters. The van der Waals surface area contributed by atoms with Crippen LogP contribution in [-0.2, 0) is 9.59 Å². The molecule has 0 aliphatic carbocycles. The molecule has 0 saturated carbocycles. The fraction of sp³-hybridized carbons (Fsp3) is 0.222. The maximum Gasteiger partial charge on any atom is 0.244 e. The maximum absolute atomic E-state index is 13.3. The third-order valence-electron chi connectivity index (χ3n) is 4.93. The molecule has 4 rings (SSSR count). The number of thiazole rings is 1. The van der Waals surface area contributed by atoms with Crippen LogP contribution in [0, 0.1) is 5.41 Å². The van der Waals surface area contributed by atoms with Crippen LogP contribution in [-0.4, -0.2) is 16.8 Å². The second-order valence-electron chi connectivity index (χ2n) is 9.22. The molecule has 0 spiro atoms. The Morgan fingerprint density at radius 3 is 2.34 bits per heavy atom. The molecular weight excluding hydrogens is 495 g/mol. The molecule has 0 fully saturated rings. The number of benzene rings is 2. The number of carbonyl (C=O) groups is 2. The van der Waals surface area contributed by atoms with Crippen molar-refractivity contribution in [2.45, 2.75) is 37.3 Å². The summed E-state index contributed by atoms with van der Waals surface area (Å²) in [5.41, 5.74) is 2.45. The van der Waals surface area contributed by atoms with Crippen LogP contribution in [0.15, 0.2) is 82.4 Å². The van der Waals surface area contributed by atoms with Crippen molar-refractivity contribution >= 4 is 57.1 Å². The third-order valence-corrected chi connectivity index (χ3v) is 7.85. The van der Waals surface area contributed by atoms with Crippen LogP contribution < -0.4 is 10.6 Å². The molecule has 0 aliphatic heterocycles. The van der Waals surface area contributed by atoms with Gasteiger partial charge in [0.2, 0.25) is 11.8 Å². The minimum Gasteiger partial charge on any atom is -0.326 e. The summed E-state index contributed by atoms with van der Waals surface area (Å²) in [5, 5.41) is 10.0. The van der Waals surface area contributed by atoms with Crippen LogP contribution in [0.2, 0.25) is 0 Å². The van der Waals surface area contributed by atoms with Crippen LogP contribution in [0.25, 0.3) is 10.6 Å². The SMILES string of the molecule is CC(C)(C)CC(=O)Nc1ccc(SC(C(=O)Nc2nc(-c3cccs3)cs2)c2ccccc2)cc1. The molecule has 0 radical (unpaired) electrons. The summed E-state index contributed by atoms with van der Waals surface area (Å²) in [6.45, 7) is 6.11. The Hall–Kier alpha value is -2.94. The van der Waals surface area contributed by atoms with Crippen LogP contribution >= 0.6 is 34.4 Å². The number of aromatic nitrogens is 1. The van der Waals surface area contributed by atoms with E-state index < -0.39 is 5.25 Å². The second-order valence-corrected chi connectivity index (χ2v) is 12.2. The van der Waals surface area contributed by atoms with E-state index in [4.69, 9.17) is 0 Å². The first-order chi connectivity index (χ1) is 16.8. The number of thiophene rings is 1. The number of hydrogen-bond donors (Lipinski definition) is 2. The number of anilines is 2. The van der Waals surface area contributed by atoms with Crippen molar-refractivity contribution in [3.05, 3.63) is 83.1 Å². The van der Waals surface area contributed by atoms with Crippen molar-refractivity contribution in [3.8, 4) is 10.6 Å². The smallest absolute Gasteiger partial charge is 0.244 e. The molecule has 1 atom stereocenters. The molecule has 2 N–H and O–H groups in total. The predicted octanol–water partition coefficient (Wildman–Crippen LogP) is 7.72. The van der Waals surface area contributed by atoms with Crippen molar-refractivity contribution in [1.82, 2.24) is 4.98 Å². The Balaban J connectivity index is 1.46. The van der Waals surface area contributed by atoms with Gasteiger partial charge in [0.15, 0.2) is 5.13 Å². The fourth-order valence-electron chi connectivity index (χ4n) is 3.38. The van der Waals surface area contributed by atoms with Gasteiger partial charge < -0.3 is 10.6 Å². The first kappa shape index (κ1) is 25.2. The van der Waals surface area contributed by atoms with E-state index in [2.05, 4.69) is 15.6 Å². The molecule has 2 amide bonds. The van der Waals surface area contributed by atoms with Gasteiger partial charge in [0.25, 0.3) is 0 Å². The van der Waals surface area contributed by atoms with Gasteiger partial charge in [-0.3, -0.25) is 9.59 Å². The van der Waals surface area contributed by atoms with Crippen molar-refractivity contribution in [1.29, 1.82) is 0 Å². The van der Waals surface area contributed by atoms with Gasteiger partial charge in [-0.25, -0.2) is 4.98 Å². The summed E-state index contributed by atoms with van der Waals surface area (Å²) in [6.07, 6.45) is 0.449. The number of thioether (sulfide) groups is 1. The summed E-state index contributed by atoms with van der Waals surface area (Å²) in [4.78, 5) is 32.2. The van der Waals surface area contributed by atoms with Gasteiger partial charge in [-0.1, -0.05) is 57.2 Å². The van der Waals surface area contributed by atoms with Crippen molar-refractivity contribution in [2.75, 3.05) is 10.6 Å². The zero-order valence-electron chi connectivity index (χ0n) is 19.8. The van der Waals surface area contributed by atoms with Gasteiger partial charge in [-0.2, -0.15) is 0 Å². The standard InChI is InChI=1S/C27H27N3O2S3/c1-27(2,3)16-23(31)28-19-11-13-20(14-12-19)35-24(18-8-5-4-6-9-18)25(32)30-26-29-21(17-34-26)22-10-7-15-33-22/h4-15,17,24H,16H2,1-3H3,(H,28,31)(H,29,30,32). The van der Waals surface area contributed by atoms with Gasteiger partial charge in [-0.15, -0.1) is 34.4 Å². The lowest BCUT2D eigenvalue weighted by molar-refractivity contribution is -0.118. The normalized spacial score (nSPS) is 12.2. The largest absolute Gasteiger partial charge is 0.326 e. The van der Waals surface area contributed by atoms with E-state index in [1.54, 1.807) is 11.3 Å². The van der Waals surface area contributed by atoms with E-state index in [9.17, 15) is 9.59 Å². The molecule has 0 saturated heterocycles. The van der Waals surface area contributed by atoms with E-state index in [0.29, 0.717) is 11.6 Å². The molecule has 4 aromatic rings. The first-order valence-corrected chi connectivity index (χ1v) is 13.8. The molecule has 2 aromatic carbocycles. The van der Waals surface area contributed by atoms with Gasteiger partial charge >= 0.3 is 0 Å². The van der Waals surface area contributed by atoms with Crippen LogP contribution in [0.1, 0.15) is 38.0 Å². The van der Waals surface area contributed by atoms with Crippen LogP contribution in [0.4, 0.5) is 10.8 Å². The number of amides is 2. The average molecular weight is 522 g/mol. The zero-order valence-corrected chi connectivity index (χ0v) is 22.2. The summed E-state index contributed by atoms with van der Waals surface area (Å²) in [5.74, 6) is -0.138. The highest BCUT2D eigenvalue weighted by atomic mass is 32.2. The van der Waals surface area contributed by atoms with Crippen LogP contribution in [0.5, 0.6) is 0 Å². The quantitative estimate of drug-likeness (QED) is 0.233. The van der Waals surface area contributed by atoms with Gasteiger partial charge in [-0.05, 0) is 46.7 Å². The molecular formula is C27H27N3O2S3. The zero-order chi connectivity index (χ0) is 24.8. The van der Waals surface area contributed by atoms with Crippen molar-refractivity contribution in [3.63, 3.8) is 0 Å². The minimum atomic E-state index is -0.452. The molecule has 35 heavy (non-hydrogen) atoms. The monoisotopic (exact) mass is 521 g/mol. The van der Waals surface area contributed by atoms with Gasteiger partial charge in [0.05, 0.1) is 10.6 Å². The number of rotatable bonds is 8. The van der Waals surface area contributed by atoms with E-state index >= 15 is 0 Å². The Kier molecular flexibility index (Phi) is 8.05. The summed E-state index contributed by atoms with van der Waals surface area (Å²) in [7, 11) is 0. The number of nitrogens with zero attached hydrogens (tertiary/aromatic N) is 1. The van der Waals surface area contributed by atoms with Crippen molar-refractivity contribution < 1.29 is 9.59 Å². The first-order valence-electron chi connectivity index (χ1n) is 11.2. The lowest BCUT2D eigenvalue weighted by Crippen LogP contribution is -2.19. The van der Waals surface area contributed by atoms with E-state index in [0.717, 1.165) is 26.7 Å². The van der Waals surface area contributed by atoms with E-state index in [1.165, 1.54) is 23.1 Å². The maximum atomic E-state index is 13.3. The topological polar surface area (TPSA) is 71.1 Å². The van der Waals surface area contributed by atoms with E-state index in [1.807, 2.05) is 98.3 Å². The lowest BCUT2D eigenvalue weighted by Gasteiger charge is -2.18. The molecule has 0 bridgehead atoms. The molecule has 2 heterocycles.